The van der Waals surface area contributed by atoms with E-state index >= 15 is 0 Å². The fourth-order valence-corrected chi connectivity index (χ4v) is 2.55. The van der Waals surface area contributed by atoms with E-state index in [0.29, 0.717) is 0 Å². The highest BCUT2D eigenvalue weighted by molar-refractivity contribution is 5.21. The van der Waals surface area contributed by atoms with E-state index in [-0.39, 0.29) is 0 Å². The molecule has 0 aromatic heterocycles. The summed E-state index contributed by atoms with van der Waals surface area (Å²) < 4.78 is 395. The van der Waals surface area contributed by atoms with Crippen molar-refractivity contribution in [2.45, 2.75) is 89.2 Å². The van der Waals surface area contributed by atoms with Gasteiger partial charge in [0.05, 0.1) is 0 Å². The molecule has 0 aliphatic heterocycles. The molecule has 0 bridgehead atoms. The van der Waals surface area contributed by atoms with Crippen molar-refractivity contribution in [2.75, 3.05) is 0 Å². The summed E-state index contributed by atoms with van der Waals surface area (Å²) >= 11 is 0. The van der Waals surface area contributed by atoms with Crippen molar-refractivity contribution in [2.24, 2.45) is 0 Å². The second kappa shape index (κ2) is 10.4. The lowest BCUT2D eigenvalue weighted by Crippen LogP contribution is -2.79. The van der Waals surface area contributed by atoms with Gasteiger partial charge in [-0.1, -0.05) is 0 Å². The summed E-state index contributed by atoms with van der Waals surface area (Å²) in [5.41, 5.74) is 0. The topological polar surface area (TPSA) is 40.5 Å². The summed E-state index contributed by atoms with van der Waals surface area (Å²) in [6.45, 7) is 0. The fourth-order valence-electron chi connectivity index (χ4n) is 2.55. The van der Waals surface area contributed by atoms with E-state index in [1.807, 2.05) is 0 Å². The average molecular weight is 784 g/mol. The van der Waals surface area contributed by atoms with E-state index in [1.165, 1.54) is 0 Å². The Bertz CT molecular complexity index is 1060. The minimum absolute atomic E-state index is 7.54. The smallest absolute Gasteiger partial charge is 0.350 e. The van der Waals surface area contributed by atoms with E-state index in [1.54, 1.807) is 0 Å². The SMILES string of the molecule is OC(F)(F)C(O)(F)C(F)(F)C(F)(F)C(F)(F)C(F)(F)C(F)(F)C(F)(F)C(F)(F)C(F)(F)C(F)(F)C(F)(F)C(F)(F)C(F)(F)C(F)(F)F. The number of rotatable bonds is 13. The van der Waals surface area contributed by atoms with Crippen LogP contribution in [0.4, 0.5) is 132 Å². The van der Waals surface area contributed by atoms with Gasteiger partial charge in [-0.2, -0.15) is 132 Å². The monoisotopic (exact) mass is 784 g/mol. The predicted octanol–water partition coefficient (Wildman–Crippen LogP) is 8.42. The summed E-state index contributed by atoms with van der Waals surface area (Å²) in [4.78, 5) is 0. The third kappa shape index (κ3) is 5.00. The zero-order chi connectivity index (χ0) is 39.5. The average Bonchev–Trinajstić information content (AvgIpc) is 2.80. The van der Waals surface area contributed by atoms with Gasteiger partial charge in [0.2, 0.25) is 0 Å². The predicted molar refractivity (Wildman–Crippen MR) is 78.6 cm³/mol. The number of hydrogen-bond acceptors (Lipinski definition) is 2. The van der Waals surface area contributed by atoms with Crippen molar-refractivity contribution in [1.29, 1.82) is 0 Å². The maximum absolute atomic E-state index is 13.6. The van der Waals surface area contributed by atoms with E-state index in [4.69, 9.17) is 10.2 Å². The van der Waals surface area contributed by atoms with Crippen LogP contribution in [0.25, 0.3) is 0 Å². The lowest BCUT2D eigenvalue weighted by Gasteiger charge is -2.46. The van der Waals surface area contributed by atoms with Gasteiger partial charge in [-0.15, -0.1) is 0 Å². The fraction of sp³-hybridized carbons (Fsp3) is 1.00. The van der Waals surface area contributed by atoms with E-state index in [2.05, 4.69) is 0 Å². The molecule has 2 N–H and O–H groups in total. The Labute approximate surface area is 232 Å². The van der Waals surface area contributed by atoms with E-state index in [9.17, 15) is 132 Å². The van der Waals surface area contributed by atoms with Crippen LogP contribution < -0.4 is 0 Å². The Morgan fingerprint density at radius 3 is 0.447 bits per heavy atom. The Morgan fingerprint density at radius 2 is 0.319 bits per heavy atom. The van der Waals surface area contributed by atoms with Gasteiger partial charge in [0.1, 0.15) is 0 Å². The van der Waals surface area contributed by atoms with Gasteiger partial charge in [-0.05, 0) is 0 Å². The van der Waals surface area contributed by atoms with Crippen molar-refractivity contribution < 1.29 is 142 Å². The number of aliphatic hydroxyl groups is 2. The van der Waals surface area contributed by atoms with Crippen molar-refractivity contribution in [1.82, 2.24) is 0 Å². The highest BCUT2D eigenvalue weighted by Crippen LogP contribution is 2.69. The van der Waals surface area contributed by atoms with Crippen molar-refractivity contribution >= 4 is 0 Å². The summed E-state index contributed by atoms with van der Waals surface area (Å²) in [6.07, 6.45) is -16.0. The summed E-state index contributed by atoms with van der Waals surface area (Å²) in [5, 5.41) is 15.5. The zero-order valence-electron chi connectivity index (χ0n) is 19.7. The van der Waals surface area contributed by atoms with Gasteiger partial charge in [0, 0.05) is 0 Å². The van der Waals surface area contributed by atoms with E-state index in [0.717, 1.165) is 0 Å². The van der Waals surface area contributed by atoms with Gasteiger partial charge >= 0.3 is 89.2 Å². The molecule has 0 saturated heterocycles. The molecule has 0 aliphatic rings. The second-order valence-corrected chi connectivity index (χ2v) is 8.55. The second-order valence-electron chi connectivity index (χ2n) is 8.55. The molecule has 0 rings (SSSR count). The van der Waals surface area contributed by atoms with Crippen LogP contribution in [0.15, 0.2) is 0 Å². The minimum atomic E-state index is -10.1. The first-order valence-corrected chi connectivity index (χ1v) is 9.62. The van der Waals surface area contributed by atoms with Crippen LogP contribution in [-0.2, 0) is 0 Å². The van der Waals surface area contributed by atoms with Gasteiger partial charge in [0.15, 0.2) is 0 Å². The molecular formula is C15H2F30O2. The molecule has 0 aromatic carbocycles. The molecule has 0 fully saturated rings. The normalized spacial score (nSPS) is 18.4. The van der Waals surface area contributed by atoms with Crippen molar-refractivity contribution in [3.63, 3.8) is 0 Å². The lowest BCUT2D eigenvalue weighted by atomic mass is 9.83. The van der Waals surface area contributed by atoms with Crippen molar-refractivity contribution in [3.8, 4) is 0 Å². The first kappa shape index (κ1) is 44.8. The first-order valence-electron chi connectivity index (χ1n) is 9.62. The van der Waals surface area contributed by atoms with Gasteiger partial charge in [0.25, 0.3) is 0 Å². The molecule has 2 nitrogen and oxygen atoms in total. The molecule has 0 aromatic rings. The quantitative estimate of drug-likeness (QED) is 0.184. The highest BCUT2D eigenvalue weighted by atomic mass is 19.4. The van der Waals surface area contributed by atoms with Crippen molar-refractivity contribution in [3.05, 3.63) is 0 Å². The third-order valence-corrected chi connectivity index (χ3v) is 5.51. The van der Waals surface area contributed by atoms with Crippen LogP contribution in [0, 0.1) is 0 Å². The molecular weight excluding hydrogens is 782 g/mol. The largest absolute Gasteiger partial charge is 0.460 e. The Kier molecular flexibility index (Phi) is 9.93. The maximum Gasteiger partial charge on any atom is 0.460 e. The van der Waals surface area contributed by atoms with Crippen LogP contribution in [0.1, 0.15) is 0 Å². The van der Waals surface area contributed by atoms with Crippen LogP contribution in [0.2, 0.25) is 0 Å². The highest BCUT2D eigenvalue weighted by Gasteiger charge is 3.01. The number of halogens is 30. The lowest BCUT2D eigenvalue weighted by molar-refractivity contribution is -0.497. The first-order chi connectivity index (χ1) is 19.5. The summed E-state index contributed by atoms with van der Waals surface area (Å²) in [7, 11) is 0. The Balaban J connectivity index is 7.61. The molecule has 1 unspecified atom stereocenters. The molecule has 47 heavy (non-hydrogen) atoms. The molecule has 0 saturated carbocycles. The number of hydrogen-bond donors (Lipinski definition) is 2. The van der Waals surface area contributed by atoms with E-state index < -0.39 is 89.2 Å². The Hall–Kier alpha value is -2.18. The minimum Gasteiger partial charge on any atom is -0.350 e. The van der Waals surface area contributed by atoms with Gasteiger partial charge in [-0.25, -0.2) is 0 Å². The van der Waals surface area contributed by atoms with Gasteiger partial charge < -0.3 is 10.2 Å². The molecule has 0 radical (unpaired) electrons. The maximum atomic E-state index is 13.6. The molecule has 0 spiro atoms. The molecule has 1 atom stereocenters. The standard InChI is InChI=1S/C15H2F30O2/c16-1(17,2(18,19)4(22,23)6(26,27)8(30,31)10(34,35)12(38,39)14(41,42)43)3(20,21)5(24,25)7(28,29)9(32,33)11(36,37)13(40,46)15(44,45)47/h46-47H. The molecule has 284 valence electrons. The Morgan fingerprint density at radius 1 is 0.191 bits per heavy atom. The van der Waals surface area contributed by atoms with Crippen LogP contribution >= 0.6 is 0 Å². The number of alkyl halides is 30. The summed E-state index contributed by atoms with van der Waals surface area (Å²) in [5.74, 6) is -124. The summed E-state index contributed by atoms with van der Waals surface area (Å²) in [6, 6.07) is 0. The molecule has 0 aliphatic carbocycles. The molecule has 0 amide bonds. The van der Waals surface area contributed by atoms with Gasteiger partial charge in [-0.3, -0.25) is 0 Å². The third-order valence-electron chi connectivity index (χ3n) is 5.51. The zero-order valence-corrected chi connectivity index (χ0v) is 19.7. The molecule has 32 heteroatoms. The molecule has 0 heterocycles. The van der Waals surface area contributed by atoms with Crippen LogP contribution in [-0.4, -0.2) is 99.4 Å². The van der Waals surface area contributed by atoms with Crippen LogP contribution in [0.3, 0.4) is 0 Å². The van der Waals surface area contributed by atoms with Crippen LogP contribution in [0.5, 0.6) is 0 Å².